The molecular weight excluding hydrogens is 334 g/mol. The van der Waals surface area contributed by atoms with Crippen molar-refractivity contribution in [1.82, 2.24) is 5.32 Å². The number of fused-ring (bicyclic) bond motifs is 1. The van der Waals surface area contributed by atoms with E-state index in [1.54, 1.807) is 0 Å². The lowest BCUT2D eigenvalue weighted by Crippen LogP contribution is -2.17. The summed E-state index contributed by atoms with van der Waals surface area (Å²) in [5, 5.41) is 4.16. The standard InChI is InChI=1S/C17H17BrClN/c1-20-17(14-7-8-16(19)15(18)10-14)13-6-5-11-3-2-4-12(11)9-13/h5-10,17,20H,2-4H2,1H3. The Kier molecular flexibility index (Phi) is 4.16. The Labute approximate surface area is 133 Å². The lowest BCUT2D eigenvalue weighted by Gasteiger charge is -2.19. The second-order valence-corrected chi connectivity index (χ2v) is 6.54. The highest BCUT2D eigenvalue weighted by molar-refractivity contribution is 9.10. The van der Waals surface area contributed by atoms with E-state index < -0.39 is 0 Å². The summed E-state index contributed by atoms with van der Waals surface area (Å²) in [4.78, 5) is 0. The number of aryl methyl sites for hydroxylation is 2. The normalized spacial score (nSPS) is 15.2. The van der Waals surface area contributed by atoms with Gasteiger partial charge in [-0.15, -0.1) is 0 Å². The van der Waals surface area contributed by atoms with Crippen LogP contribution >= 0.6 is 27.5 Å². The highest BCUT2D eigenvalue weighted by Crippen LogP contribution is 2.31. The zero-order valence-corrected chi connectivity index (χ0v) is 13.8. The van der Waals surface area contributed by atoms with Crippen LogP contribution in [-0.4, -0.2) is 7.05 Å². The van der Waals surface area contributed by atoms with Crippen molar-refractivity contribution < 1.29 is 0 Å². The van der Waals surface area contributed by atoms with E-state index in [-0.39, 0.29) is 6.04 Å². The Bertz CT molecular complexity index is 639. The molecule has 0 aromatic heterocycles. The molecule has 2 aromatic rings. The van der Waals surface area contributed by atoms with Crippen LogP contribution in [0.3, 0.4) is 0 Å². The van der Waals surface area contributed by atoms with E-state index in [1.165, 1.54) is 41.5 Å². The molecule has 0 aliphatic heterocycles. The van der Waals surface area contributed by atoms with Crippen molar-refractivity contribution in [2.75, 3.05) is 7.05 Å². The van der Waals surface area contributed by atoms with Crippen molar-refractivity contribution in [3.63, 3.8) is 0 Å². The summed E-state index contributed by atoms with van der Waals surface area (Å²) < 4.78 is 0.943. The molecule has 0 amide bonds. The molecule has 0 saturated heterocycles. The molecule has 0 radical (unpaired) electrons. The summed E-state index contributed by atoms with van der Waals surface area (Å²) in [5.74, 6) is 0. The highest BCUT2D eigenvalue weighted by Gasteiger charge is 2.17. The zero-order valence-electron chi connectivity index (χ0n) is 11.4. The fourth-order valence-corrected chi connectivity index (χ4v) is 3.50. The molecule has 0 fully saturated rings. The number of hydrogen-bond donors (Lipinski definition) is 1. The van der Waals surface area contributed by atoms with Crippen LogP contribution in [0, 0.1) is 0 Å². The van der Waals surface area contributed by atoms with E-state index in [0.717, 1.165) is 9.50 Å². The number of rotatable bonds is 3. The lowest BCUT2D eigenvalue weighted by atomic mass is 9.96. The average molecular weight is 351 g/mol. The maximum atomic E-state index is 6.08. The van der Waals surface area contributed by atoms with Crippen LogP contribution in [0.5, 0.6) is 0 Å². The van der Waals surface area contributed by atoms with E-state index in [9.17, 15) is 0 Å². The van der Waals surface area contributed by atoms with Crippen molar-refractivity contribution >= 4 is 27.5 Å². The Morgan fingerprint density at radius 2 is 1.75 bits per heavy atom. The third kappa shape index (κ3) is 2.65. The van der Waals surface area contributed by atoms with Crippen molar-refractivity contribution in [1.29, 1.82) is 0 Å². The first-order valence-electron chi connectivity index (χ1n) is 6.93. The Morgan fingerprint density at radius 3 is 2.50 bits per heavy atom. The number of hydrogen-bond acceptors (Lipinski definition) is 1. The van der Waals surface area contributed by atoms with Crippen LogP contribution in [0.1, 0.15) is 34.7 Å². The van der Waals surface area contributed by atoms with Gasteiger partial charge in [0.15, 0.2) is 0 Å². The smallest absolute Gasteiger partial charge is 0.0574 e. The second-order valence-electron chi connectivity index (χ2n) is 5.28. The predicted octanol–water partition coefficient (Wildman–Crippen LogP) is 4.90. The van der Waals surface area contributed by atoms with E-state index >= 15 is 0 Å². The van der Waals surface area contributed by atoms with Crippen LogP contribution < -0.4 is 5.32 Å². The first kappa shape index (κ1) is 14.1. The van der Waals surface area contributed by atoms with E-state index in [1.807, 2.05) is 13.1 Å². The topological polar surface area (TPSA) is 12.0 Å². The molecule has 0 bridgehead atoms. The average Bonchev–Trinajstić information content (AvgIpc) is 2.91. The van der Waals surface area contributed by atoms with Gasteiger partial charge in [-0.1, -0.05) is 35.9 Å². The minimum absolute atomic E-state index is 0.203. The molecular formula is C17H17BrClN. The zero-order chi connectivity index (χ0) is 14.1. The van der Waals surface area contributed by atoms with Gasteiger partial charge in [0.1, 0.15) is 0 Å². The molecule has 104 valence electrons. The van der Waals surface area contributed by atoms with E-state index in [0.29, 0.717) is 0 Å². The van der Waals surface area contributed by atoms with Gasteiger partial charge in [-0.05, 0) is 76.6 Å². The molecule has 1 aliphatic carbocycles. The first-order valence-corrected chi connectivity index (χ1v) is 8.10. The summed E-state index contributed by atoms with van der Waals surface area (Å²) in [7, 11) is 2.00. The van der Waals surface area contributed by atoms with Crippen molar-refractivity contribution in [3.05, 3.63) is 68.1 Å². The van der Waals surface area contributed by atoms with Crippen LogP contribution in [0.4, 0.5) is 0 Å². The van der Waals surface area contributed by atoms with Gasteiger partial charge in [-0.3, -0.25) is 0 Å². The van der Waals surface area contributed by atoms with Crippen molar-refractivity contribution in [3.8, 4) is 0 Å². The molecule has 3 heteroatoms. The molecule has 1 atom stereocenters. The number of benzene rings is 2. The maximum absolute atomic E-state index is 6.08. The van der Waals surface area contributed by atoms with Gasteiger partial charge >= 0.3 is 0 Å². The summed E-state index contributed by atoms with van der Waals surface area (Å²) in [5.41, 5.74) is 5.57. The van der Waals surface area contributed by atoms with Gasteiger partial charge in [0, 0.05) is 4.47 Å². The fraction of sp³-hybridized carbons (Fsp3) is 0.294. The molecule has 0 heterocycles. The van der Waals surface area contributed by atoms with Gasteiger partial charge in [0.05, 0.1) is 11.1 Å². The third-order valence-corrected chi connectivity index (χ3v) is 5.24. The maximum Gasteiger partial charge on any atom is 0.0574 e. The summed E-state index contributed by atoms with van der Waals surface area (Å²) in [6.07, 6.45) is 3.73. The Hall–Kier alpha value is -0.830. The minimum atomic E-state index is 0.203. The van der Waals surface area contributed by atoms with Gasteiger partial charge in [-0.25, -0.2) is 0 Å². The van der Waals surface area contributed by atoms with Crippen LogP contribution in [0.25, 0.3) is 0 Å². The summed E-state index contributed by atoms with van der Waals surface area (Å²) in [6, 6.07) is 13.2. The molecule has 1 N–H and O–H groups in total. The summed E-state index contributed by atoms with van der Waals surface area (Å²) in [6.45, 7) is 0. The summed E-state index contributed by atoms with van der Waals surface area (Å²) >= 11 is 9.59. The van der Waals surface area contributed by atoms with E-state index in [4.69, 9.17) is 11.6 Å². The van der Waals surface area contributed by atoms with Crippen molar-refractivity contribution in [2.45, 2.75) is 25.3 Å². The second kappa shape index (κ2) is 5.88. The largest absolute Gasteiger partial charge is 0.309 e. The molecule has 0 saturated carbocycles. The monoisotopic (exact) mass is 349 g/mol. The molecule has 1 nitrogen and oxygen atoms in total. The molecule has 1 unspecified atom stereocenters. The van der Waals surface area contributed by atoms with Gasteiger partial charge in [-0.2, -0.15) is 0 Å². The quantitative estimate of drug-likeness (QED) is 0.830. The Balaban J connectivity index is 1.98. The van der Waals surface area contributed by atoms with Crippen LogP contribution in [0.15, 0.2) is 40.9 Å². The number of nitrogens with one attached hydrogen (secondary N) is 1. The van der Waals surface area contributed by atoms with E-state index in [2.05, 4.69) is 51.6 Å². The van der Waals surface area contributed by atoms with Crippen LogP contribution in [-0.2, 0) is 12.8 Å². The molecule has 0 spiro atoms. The van der Waals surface area contributed by atoms with Gasteiger partial charge < -0.3 is 5.32 Å². The fourth-order valence-electron chi connectivity index (χ4n) is 2.99. The predicted molar refractivity (Wildman–Crippen MR) is 88.5 cm³/mol. The van der Waals surface area contributed by atoms with Crippen molar-refractivity contribution in [2.24, 2.45) is 0 Å². The molecule has 2 aromatic carbocycles. The van der Waals surface area contributed by atoms with Gasteiger partial charge in [0.25, 0.3) is 0 Å². The molecule has 1 aliphatic rings. The third-order valence-electron chi connectivity index (χ3n) is 4.02. The lowest BCUT2D eigenvalue weighted by molar-refractivity contribution is 0.690. The first-order chi connectivity index (χ1) is 9.69. The Morgan fingerprint density at radius 1 is 1.05 bits per heavy atom. The number of halogens is 2. The molecule has 3 rings (SSSR count). The highest BCUT2D eigenvalue weighted by atomic mass is 79.9. The van der Waals surface area contributed by atoms with Gasteiger partial charge in [0.2, 0.25) is 0 Å². The minimum Gasteiger partial charge on any atom is -0.309 e. The van der Waals surface area contributed by atoms with Crippen LogP contribution in [0.2, 0.25) is 5.02 Å². The SMILES string of the molecule is CNC(c1ccc(Cl)c(Br)c1)c1ccc2c(c1)CCC2. The molecule has 20 heavy (non-hydrogen) atoms.